The Bertz CT molecular complexity index is 734. The van der Waals surface area contributed by atoms with Gasteiger partial charge in [-0.15, -0.1) is 0 Å². The molecule has 6 nitrogen and oxygen atoms in total. The van der Waals surface area contributed by atoms with Gasteiger partial charge in [0.2, 0.25) is 23.3 Å². The quantitative estimate of drug-likeness (QED) is 0.826. The number of rotatable bonds is 3. The average molecular weight is 344 g/mol. The normalized spacial score (nSPS) is 10.4. The minimum atomic E-state index is -0.695. The monoisotopic (exact) mass is 343 g/mol. The van der Waals surface area contributed by atoms with Gasteiger partial charge in [-0.05, 0) is 12.1 Å². The Morgan fingerprint density at radius 1 is 1.23 bits per heavy atom. The van der Waals surface area contributed by atoms with Gasteiger partial charge in [0, 0.05) is 13.8 Å². The molecule has 1 heterocycles. The number of hydrogen-bond donors (Lipinski definition) is 2. The van der Waals surface area contributed by atoms with Crippen LogP contribution in [0, 0.1) is 0 Å². The van der Waals surface area contributed by atoms with Crippen LogP contribution in [-0.2, 0) is 9.59 Å². The number of carbonyl (C=O) groups excluding carboxylic acids is 2. The van der Waals surface area contributed by atoms with Crippen molar-refractivity contribution in [2.75, 3.05) is 5.32 Å². The van der Waals surface area contributed by atoms with E-state index in [2.05, 4.69) is 5.32 Å². The first-order chi connectivity index (χ1) is 10.3. The largest absolute Gasteiger partial charge is 0.502 e. The van der Waals surface area contributed by atoms with Crippen LogP contribution in [0.2, 0.25) is 10.0 Å². The lowest BCUT2D eigenvalue weighted by Crippen LogP contribution is -2.08. The number of esters is 1. The molecule has 0 aliphatic heterocycles. The molecule has 0 atom stereocenters. The van der Waals surface area contributed by atoms with Crippen LogP contribution in [0.15, 0.2) is 22.6 Å². The van der Waals surface area contributed by atoms with Crippen molar-refractivity contribution in [3.05, 3.63) is 28.2 Å². The van der Waals surface area contributed by atoms with Crippen molar-refractivity contribution < 1.29 is 23.8 Å². The highest BCUT2D eigenvalue weighted by Gasteiger charge is 2.27. The number of carbonyl (C=O) groups is 2. The fraction of sp³-hybridized carbons (Fsp3) is 0.143. The van der Waals surface area contributed by atoms with E-state index >= 15 is 0 Å². The SMILES string of the molecule is CC(=O)Nc1oc(-c2c(Cl)cccc2Cl)c(O)c1OC(C)=O. The second-order valence-corrected chi connectivity index (χ2v) is 5.12. The number of halogens is 2. The van der Waals surface area contributed by atoms with Crippen molar-refractivity contribution >= 4 is 41.0 Å². The topological polar surface area (TPSA) is 88.8 Å². The smallest absolute Gasteiger partial charge is 0.308 e. The molecule has 0 saturated carbocycles. The molecule has 0 fully saturated rings. The molecule has 0 radical (unpaired) electrons. The Morgan fingerprint density at radius 3 is 2.32 bits per heavy atom. The Hall–Kier alpha value is -2.18. The molecule has 1 aromatic carbocycles. The highest BCUT2D eigenvalue weighted by molar-refractivity contribution is 6.39. The van der Waals surface area contributed by atoms with Crippen LogP contribution in [0.25, 0.3) is 11.3 Å². The van der Waals surface area contributed by atoms with Gasteiger partial charge in [0.1, 0.15) is 0 Å². The van der Waals surface area contributed by atoms with E-state index in [1.807, 2.05) is 0 Å². The van der Waals surface area contributed by atoms with E-state index in [1.165, 1.54) is 6.92 Å². The van der Waals surface area contributed by atoms with Gasteiger partial charge in [-0.2, -0.15) is 0 Å². The predicted molar refractivity (Wildman–Crippen MR) is 81.4 cm³/mol. The van der Waals surface area contributed by atoms with E-state index < -0.39 is 17.6 Å². The van der Waals surface area contributed by atoms with E-state index in [9.17, 15) is 14.7 Å². The first kappa shape index (κ1) is 16.2. The van der Waals surface area contributed by atoms with Gasteiger partial charge in [0.25, 0.3) is 0 Å². The van der Waals surface area contributed by atoms with Crippen molar-refractivity contribution in [2.45, 2.75) is 13.8 Å². The van der Waals surface area contributed by atoms with Crippen LogP contribution >= 0.6 is 23.2 Å². The van der Waals surface area contributed by atoms with Crippen molar-refractivity contribution in [1.29, 1.82) is 0 Å². The summed E-state index contributed by atoms with van der Waals surface area (Å²) < 4.78 is 10.3. The highest BCUT2D eigenvalue weighted by Crippen LogP contribution is 2.49. The predicted octanol–water partition coefficient (Wildman–Crippen LogP) is 3.84. The van der Waals surface area contributed by atoms with Crippen molar-refractivity contribution in [3.8, 4) is 22.8 Å². The van der Waals surface area contributed by atoms with Gasteiger partial charge >= 0.3 is 5.97 Å². The molecule has 0 spiro atoms. The number of aromatic hydroxyl groups is 1. The molecule has 0 bridgehead atoms. The third-order valence-corrected chi connectivity index (χ3v) is 3.20. The van der Waals surface area contributed by atoms with Gasteiger partial charge in [0.15, 0.2) is 5.76 Å². The zero-order valence-corrected chi connectivity index (χ0v) is 13.1. The molecule has 0 unspecified atom stereocenters. The van der Waals surface area contributed by atoms with E-state index in [-0.39, 0.29) is 33.0 Å². The standard InChI is InChI=1S/C14H11Cl2NO5/c1-6(18)17-14-13(21-7(2)19)11(20)12(22-14)10-8(15)4-3-5-9(10)16/h3-5,20H,1-2H3,(H,17,18). The van der Waals surface area contributed by atoms with Crippen molar-refractivity contribution in [3.63, 3.8) is 0 Å². The molecular formula is C14H11Cl2NO5. The fourth-order valence-electron chi connectivity index (χ4n) is 1.77. The molecule has 1 aromatic heterocycles. The molecular weight excluding hydrogens is 333 g/mol. The fourth-order valence-corrected chi connectivity index (χ4v) is 2.34. The molecule has 8 heteroatoms. The molecule has 0 saturated heterocycles. The van der Waals surface area contributed by atoms with Gasteiger partial charge in [-0.1, -0.05) is 29.3 Å². The van der Waals surface area contributed by atoms with Crippen LogP contribution in [0.3, 0.4) is 0 Å². The second-order valence-electron chi connectivity index (χ2n) is 4.31. The number of amides is 1. The molecule has 1 amide bonds. The summed E-state index contributed by atoms with van der Waals surface area (Å²) in [6.45, 7) is 2.38. The van der Waals surface area contributed by atoms with Gasteiger partial charge in [-0.3, -0.25) is 14.9 Å². The summed E-state index contributed by atoms with van der Waals surface area (Å²) in [4.78, 5) is 22.3. The summed E-state index contributed by atoms with van der Waals surface area (Å²) in [6, 6.07) is 4.72. The highest BCUT2D eigenvalue weighted by atomic mass is 35.5. The Labute approximate surface area is 135 Å². The number of furan rings is 1. The average Bonchev–Trinajstić information content (AvgIpc) is 2.66. The molecule has 0 aliphatic carbocycles. The van der Waals surface area contributed by atoms with E-state index in [1.54, 1.807) is 18.2 Å². The number of hydrogen-bond acceptors (Lipinski definition) is 5. The lowest BCUT2D eigenvalue weighted by atomic mass is 10.1. The lowest BCUT2D eigenvalue weighted by molar-refractivity contribution is -0.132. The van der Waals surface area contributed by atoms with Crippen LogP contribution in [0.5, 0.6) is 11.5 Å². The minimum absolute atomic E-state index is 0.115. The Morgan fingerprint density at radius 2 is 1.82 bits per heavy atom. The molecule has 116 valence electrons. The van der Waals surface area contributed by atoms with Crippen molar-refractivity contribution in [1.82, 2.24) is 0 Å². The van der Waals surface area contributed by atoms with Crippen LogP contribution in [-0.4, -0.2) is 17.0 Å². The molecule has 0 aliphatic rings. The molecule has 2 N–H and O–H groups in total. The summed E-state index contributed by atoms with van der Waals surface area (Å²) in [6.07, 6.45) is 0. The zero-order chi connectivity index (χ0) is 16.4. The summed E-state index contributed by atoms with van der Waals surface area (Å²) in [5, 5.41) is 13.0. The molecule has 2 aromatic rings. The maximum atomic E-state index is 11.2. The van der Waals surface area contributed by atoms with Gasteiger partial charge in [-0.25, -0.2) is 0 Å². The Kier molecular flexibility index (Phi) is 4.63. The maximum absolute atomic E-state index is 11.2. The van der Waals surface area contributed by atoms with E-state index in [4.69, 9.17) is 32.4 Å². The summed E-state index contributed by atoms with van der Waals surface area (Å²) in [5.74, 6) is -2.30. The first-order valence-corrected chi connectivity index (χ1v) is 6.83. The van der Waals surface area contributed by atoms with Crippen molar-refractivity contribution in [2.24, 2.45) is 0 Å². The molecule has 2 rings (SSSR count). The van der Waals surface area contributed by atoms with Crippen LogP contribution in [0.4, 0.5) is 5.88 Å². The summed E-state index contributed by atoms with van der Waals surface area (Å²) >= 11 is 12.1. The minimum Gasteiger partial charge on any atom is -0.502 e. The van der Waals surface area contributed by atoms with Gasteiger partial charge < -0.3 is 14.3 Å². The van der Waals surface area contributed by atoms with Crippen LogP contribution < -0.4 is 10.1 Å². The number of ether oxygens (including phenoxy) is 1. The van der Waals surface area contributed by atoms with Gasteiger partial charge in [0.05, 0.1) is 15.6 Å². The lowest BCUT2D eigenvalue weighted by Gasteiger charge is -2.03. The van der Waals surface area contributed by atoms with E-state index in [0.717, 1.165) is 6.92 Å². The maximum Gasteiger partial charge on any atom is 0.308 e. The number of benzene rings is 1. The summed E-state index contributed by atoms with van der Waals surface area (Å²) in [7, 11) is 0. The molecule has 22 heavy (non-hydrogen) atoms. The Balaban J connectivity index is 2.65. The first-order valence-electron chi connectivity index (χ1n) is 6.07. The third-order valence-electron chi connectivity index (χ3n) is 2.57. The van der Waals surface area contributed by atoms with E-state index in [0.29, 0.717) is 0 Å². The van der Waals surface area contributed by atoms with Crippen LogP contribution in [0.1, 0.15) is 13.8 Å². The zero-order valence-electron chi connectivity index (χ0n) is 11.6. The number of anilines is 1. The summed E-state index contributed by atoms with van der Waals surface area (Å²) in [5.41, 5.74) is 0.216. The third kappa shape index (κ3) is 3.18. The second kappa shape index (κ2) is 6.29. The number of nitrogens with one attached hydrogen (secondary N) is 1.